The van der Waals surface area contributed by atoms with E-state index >= 15 is 0 Å². The smallest absolute Gasteiger partial charge is 0.215 e. The summed E-state index contributed by atoms with van der Waals surface area (Å²) in [4.78, 5) is 4.24. The summed E-state index contributed by atoms with van der Waals surface area (Å²) in [7, 11) is -0.143. The summed E-state index contributed by atoms with van der Waals surface area (Å²) in [5.74, 6) is 0.0376. The summed E-state index contributed by atoms with van der Waals surface area (Å²) in [5, 5.41) is 4.97. The van der Waals surface area contributed by atoms with Gasteiger partial charge in [0.15, 0.2) is 0 Å². The number of anilines is 2. The van der Waals surface area contributed by atoms with Gasteiger partial charge in [0.25, 0.3) is 0 Å². The highest BCUT2D eigenvalue weighted by Gasteiger charge is 2.13. The first-order chi connectivity index (χ1) is 9.81. The van der Waals surface area contributed by atoms with E-state index in [0.717, 1.165) is 22.2 Å². The molecule has 2 aromatic rings. The normalized spacial score (nSPS) is 12.0. The molecule has 21 heavy (non-hydrogen) atoms. The van der Waals surface area contributed by atoms with Gasteiger partial charge in [0, 0.05) is 54.7 Å². The van der Waals surface area contributed by atoms with Crippen LogP contribution in [-0.4, -0.2) is 44.1 Å². The van der Waals surface area contributed by atoms with E-state index in [4.69, 9.17) is 5.73 Å². The van der Waals surface area contributed by atoms with E-state index in [2.05, 4.69) is 10.3 Å². The van der Waals surface area contributed by atoms with Crippen LogP contribution in [-0.2, 0) is 10.0 Å². The van der Waals surface area contributed by atoms with Crippen molar-refractivity contribution in [3.63, 3.8) is 0 Å². The lowest BCUT2D eigenvalue weighted by Crippen LogP contribution is -2.28. The SMILES string of the molecule is Cc1cc2c(NCCS(=O)(=O)N(C)C)ccc(N)c2cn1. The van der Waals surface area contributed by atoms with Crippen LogP contribution in [0.25, 0.3) is 10.8 Å². The first-order valence-corrected chi connectivity index (χ1v) is 8.21. The molecule has 1 aromatic heterocycles. The Balaban J connectivity index is 2.24. The minimum absolute atomic E-state index is 0.0376. The molecular formula is C14H20N4O2S. The number of pyridine rings is 1. The van der Waals surface area contributed by atoms with Crippen molar-refractivity contribution in [3.8, 4) is 0 Å². The van der Waals surface area contributed by atoms with Crippen LogP contribution in [0.4, 0.5) is 11.4 Å². The van der Waals surface area contributed by atoms with Crippen molar-refractivity contribution in [1.82, 2.24) is 9.29 Å². The monoisotopic (exact) mass is 308 g/mol. The Morgan fingerprint density at radius 2 is 2.00 bits per heavy atom. The number of rotatable bonds is 5. The van der Waals surface area contributed by atoms with E-state index < -0.39 is 10.0 Å². The maximum absolute atomic E-state index is 11.7. The maximum Gasteiger partial charge on any atom is 0.215 e. The standard InChI is InChI=1S/C14H20N4O2S/c1-10-8-11-12(9-17-10)13(15)4-5-14(11)16-6-7-21(19,20)18(2)3/h4-5,8-9,16H,6-7,15H2,1-3H3. The Hall–Kier alpha value is -1.86. The highest BCUT2D eigenvalue weighted by Crippen LogP contribution is 2.28. The van der Waals surface area contributed by atoms with E-state index in [1.165, 1.54) is 18.4 Å². The molecule has 0 spiro atoms. The molecule has 0 unspecified atom stereocenters. The van der Waals surface area contributed by atoms with E-state index in [9.17, 15) is 8.42 Å². The zero-order chi connectivity index (χ0) is 15.6. The van der Waals surface area contributed by atoms with Gasteiger partial charge in [0.1, 0.15) is 0 Å². The van der Waals surface area contributed by atoms with Crippen molar-refractivity contribution >= 4 is 32.2 Å². The first kappa shape index (κ1) is 15.5. The van der Waals surface area contributed by atoms with Crippen LogP contribution >= 0.6 is 0 Å². The fourth-order valence-electron chi connectivity index (χ4n) is 2.02. The molecule has 0 radical (unpaired) electrons. The number of aryl methyl sites for hydroxylation is 1. The third kappa shape index (κ3) is 3.43. The highest BCUT2D eigenvalue weighted by atomic mass is 32.2. The van der Waals surface area contributed by atoms with Crippen molar-refractivity contribution in [2.75, 3.05) is 37.4 Å². The van der Waals surface area contributed by atoms with E-state index in [-0.39, 0.29) is 5.75 Å². The maximum atomic E-state index is 11.7. The van der Waals surface area contributed by atoms with Crippen molar-refractivity contribution in [2.24, 2.45) is 0 Å². The molecule has 0 aliphatic heterocycles. The second kappa shape index (κ2) is 5.87. The molecule has 7 heteroatoms. The number of sulfonamides is 1. The molecule has 0 amide bonds. The Labute approximate surface area is 125 Å². The Morgan fingerprint density at radius 3 is 2.67 bits per heavy atom. The summed E-state index contributed by atoms with van der Waals surface area (Å²) in [6.45, 7) is 2.24. The third-order valence-electron chi connectivity index (χ3n) is 3.30. The van der Waals surface area contributed by atoms with E-state index in [1.807, 2.05) is 19.1 Å². The lowest BCUT2D eigenvalue weighted by atomic mass is 10.1. The lowest BCUT2D eigenvalue weighted by molar-refractivity contribution is 0.521. The summed E-state index contributed by atoms with van der Waals surface area (Å²) in [6, 6.07) is 5.59. The van der Waals surface area contributed by atoms with Crippen molar-refractivity contribution in [3.05, 3.63) is 30.1 Å². The second-order valence-corrected chi connectivity index (χ2v) is 7.40. The Bertz CT molecular complexity index is 757. The minimum Gasteiger partial charge on any atom is -0.398 e. The van der Waals surface area contributed by atoms with Gasteiger partial charge in [-0.2, -0.15) is 0 Å². The van der Waals surface area contributed by atoms with Gasteiger partial charge in [0.2, 0.25) is 10.0 Å². The largest absolute Gasteiger partial charge is 0.398 e. The third-order valence-corrected chi connectivity index (χ3v) is 5.14. The molecule has 3 N–H and O–H groups in total. The summed E-state index contributed by atoms with van der Waals surface area (Å²) >= 11 is 0. The summed E-state index contributed by atoms with van der Waals surface area (Å²) in [5.41, 5.74) is 8.34. The van der Waals surface area contributed by atoms with Gasteiger partial charge in [0.05, 0.1) is 5.75 Å². The molecule has 0 saturated carbocycles. The van der Waals surface area contributed by atoms with Gasteiger partial charge >= 0.3 is 0 Å². The molecule has 1 aromatic carbocycles. The van der Waals surface area contributed by atoms with Gasteiger partial charge in [-0.15, -0.1) is 0 Å². The van der Waals surface area contributed by atoms with Crippen LogP contribution in [0.1, 0.15) is 5.69 Å². The van der Waals surface area contributed by atoms with Gasteiger partial charge in [-0.3, -0.25) is 4.98 Å². The van der Waals surface area contributed by atoms with Crippen LogP contribution in [0.5, 0.6) is 0 Å². The summed E-state index contributed by atoms with van der Waals surface area (Å²) in [6.07, 6.45) is 1.74. The highest BCUT2D eigenvalue weighted by molar-refractivity contribution is 7.89. The molecule has 0 aliphatic carbocycles. The fourth-order valence-corrected chi connectivity index (χ4v) is 2.74. The molecule has 1 heterocycles. The second-order valence-electron chi connectivity index (χ2n) is 5.10. The number of benzene rings is 1. The van der Waals surface area contributed by atoms with Gasteiger partial charge in [-0.05, 0) is 25.1 Å². The molecule has 0 atom stereocenters. The van der Waals surface area contributed by atoms with Crippen molar-refractivity contribution < 1.29 is 8.42 Å². The quantitative estimate of drug-likeness (QED) is 0.816. The number of nitrogens with zero attached hydrogens (tertiary/aromatic N) is 2. The molecule has 0 fully saturated rings. The molecule has 2 rings (SSSR count). The first-order valence-electron chi connectivity index (χ1n) is 6.60. The average Bonchev–Trinajstić information content (AvgIpc) is 2.41. The van der Waals surface area contributed by atoms with Crippen LogP contribution in [0.3, 0.4) is 0 Å². The molecule has 0 saturated heterocycles. The fraction of sp³-hybridized carbons (Fsp3) is 0.357. The Kier molecular flexibility index (Phi) is 4.34. The number of fused-ring (bicyclic) bond motifs is 1. The number of nitrogens with two attached hydrogens (primary N) is 1. The topological polar surface area (TPSA) is 88.3 Å². The molecule has 6 nitrogen and oxygen atoms in total. The zero-order valence-corrected chi connectivity index (χ0v) is 13.2. The Morgan fingerprint density at radius 1 is 1.29 bits per heavy atom. The van der Waals surface area contributed by atoms with E-state index in [1.54, 1.807) is 12.3 Å². The number of hydrogen-bond acceptors (Lipinski definition) is 5. The van der Waals surface area contributed by atoms with Crippen LogP contribution in [0.15, 0.2) is 24.4 Å². The molecule has 114 valence electrons. The van der Waals surface area contributed by atoms with Crippen molar-refractivity contribution in [1.29, 1.82) is 0 Å². The van der Waals surface area contributed by atoms with E-state index in [0.29, 0.717) is 12.2 Å². The minimum atomic E-state index is -3.20. The lowest BCUT2D eigenvalue weighted by Gasteiger charge is -2.14. The average molecular weight is 308 g/mol. The molecular weight excluding hydrogens is 288 g/mol. The predicted octanol–water partition coefficient (Wildman–Crippen LogP) is 1.43. The van der Waals surface area contributed by atoms with Gasteiger partial charge in [-0.1, -0.05) is 0 Å². The van der Waals surface area contributed by atoms with Gasteiger partial charge in [-0.25, -0.2) is 12.7 Å². The van der Waals surface area contributed by atoms with Crippen molar-refractivity contribution in [2.45, 2.75) is 6.92 Å². The van der Waals surface area contributed by atoms with Crippen LogP contribution < -0.4 is 11.1 Å². The number of hydrogen-bond donors (Lipinski definition) is 2. The number of aromatic nitrogens is 1. The predicted molar refractivity (Wildman–Crippen MR) is 86.9 cm³/mol. The van der Waals surface area contributed by atoms with Crippen LogP contribution in [0, 0.1) is 6.92 Å². The molecule has 0 bridgehead atoms. The van der Waals surface area contributed by atoms with Gasteiger partial charge < -0.3 is 11.1 Å². The zero-order valence-electron chi connectivity index (χ0n) is 12.4. The molecule has 0 aliphatic rings. The summed E-state index contributed by atoms with van der Waals surface area (Å²) < 4.78 is 24.7. The van der Waals surface area contributed by atoms with Crippen LogP contribution in [0.2, 0.25) is 0 Å². The number of nitrogens with one attached hydrogen (secondary N) is 1. The number of nitrogen functional groups attached to an aromatic ring is 1.